The molecule has 20 heavy (non-hydrogen) atoms. The number of hydrogen-bond donors (Lipinski definition) is 4. The minimum Gasteiger partial charge on any atom is -0.374 e. The van der Waals surface area contributed by atoms with Crippen molar-refractivity contribution >= 4 is 48.9 Å². The number of benzene rings is 1. The van der Waals surface area contributed by atoms with Crippen LogP contribution in [0.3, 0.4) is 0 Å². The van der Waals surface area contributed by atoms with E-state index in [1.165, 1.54) is 22.7 Å². The number of nitrogens with two attached hydrogens (primary N) is 1. The molecule has 3 rings (SSSR count). The van der Waals surface area contributed by atoms with Crippen molar-refractivity contribution in [1.82, 2.24) is 20.4 Å². The average molecular weight is 306 g/mol. The molecule has 10 heteroatoms. The van der Waals surface area contributed by atoms with E-state index in [0.29, 0.717) is 20.5 Å². The van der Waals surface area contributed by atoms with Crippen LogP contribution in [0.1, 0.15) is 0 Å². The molecular formula is C10H10N8S2. The first kappa shape index (κ1) is 12.6. The van der Waals surface area contributed by atoms with Crippen LogP contribution >= 0.6 is 22.7 Å². The molecule has 0 aliphatic carbocycles. The number of rotatable bonds is 5. The highest BCUT2D eigenvalue weighted by Gasteiger charge is 2.05. The summed E-state index contributed by atoms with van der Waals surface area (Å²) < 4.78 is 0. The zero-order chi connectivity index (χ0) is 13.8. The van der Waals surface area contributed by atoms with Gasteiger partial charge in [0, 0.05) is 5.69 Å². The summed E-state index contributed by atoms with van der Waals surface area (Å²) in [6.45, 7) is 0. The fraction of sp³-hybridized carbons (Fsp3) is 0. The van der Waals surface area contributed by atoms with Crippen molar-refractivity contribution in [2.75, 3.05) is 21.9 Å². The van der Waals surface area contributed by atoms with E-state index < -0.39 is 0 Å². The van der Waals surface area contributed by atoms with Crippen LogP contribution in [0.5, 0.6) is 0 Å². The number of para-hydroxylation sites is 1. The van der Waals surface area contributed by atoms with Crippen molar-refractivity contribution < 1.29 is 0 Å². The fourth-order valence-electron chi connectivity index (χ4n) is 1.36. The third kappa shape index (κ3) is 3.10. The Morgan fingerprint density at radius 3 is 2.15 bits per heavy atom. The minimum absolute atomic E-state index is 0.401. The number of hydrogen-bond acceptors (Lipinski definition) is 10. The standard InChI is InChI=1S/C10H10N8S2/c11-7-13-15-9(19-7)16-18-10-17-14-8(20-10)12-6-4-2-1-3-5-6/h1-5H,(H2,11,13)(H,12,14)(H,15,16)(H,17,18). The summed E-state index contributed by atoms with van der Waals surface area (Å²) in [5.74, 6) is 0. The van der Waals surface area contributed by atoms with Crippen LogP contribution in [-0.2, 0) is 0 Å². The second-order valence-corrected chi connectivity index (χ2v) is 5.59. The maximum Gasteiger partial charge on any atom is 0.225 e. The van der Waals surface area contributed by atoms with E-state index >= 15 is 0 Å². The monoisotopic (exact) mass is 306 g/mol. The third-order valence-corrected chi connectivity index (χ3v) is 3.59. The van der Waals surface area contributed by atoms with Gasteiger partial charge in [-0.2, -0.15) is 0 Å². The van der Waals surface area contributed by atoms with Gasteiger partial charge in [0.2, 0.25) is 20.5 Å². The van der Waals surface area contributed by atoms with Crippen LogP contribution in [-0.4, -0.2) is 20.4 Å². The van der Waals surface area contributed by atoms with Gasteiger partial charge in [0.05, 0.1) is 0 Å². The molecule has 0 fully saturated rings. The third-order valence-electron chi connectivity index (χ3n) is 2.17. The molecule has 102 valence electrons. The van der Waals surface area contributed by atoms with Gasteiger partial charge in [0.25, 0.3) is 0 Å². The Morgan fingerprint density at radius 2 is 1.45 bits per heavy atom. The van der Waals surface area contributed by atoms with Gasteiger partial charge in [-0.3, -0.25) is 10.9 Å². The van der Waals surface area contributed by atoms with Gasteiger partial charge < -0.3 is 11.1 Å². The molecule has 0 aliphatic rings. The molecular weight excluding hydrogens is 296 g/mol. The van der Waals surface area contributed by atoms with E-state index in [1.807, 2.05) is 30.3 Å². The highest BCUT2D eigenvalue weighted by Crippen LogP contribution is 2.24. The molecule has 8 nitrogen and oxygen atoms in total. The Bertz CT molecular complexity index is 679. The summed E-state index contributed by atoms with van der Waals surface area (Å²) >= 11 is 2.61. The molecule has 0 atom stereocenters. The first-order chi connectivity index (χ1) is 9.79. The van der Waals surface area contributed by atoms with E-state index in [4.69, 9.17) is 5.73 Å². The second-order valence-electron chi connectivity index (χ2n) is 3.60. The van der Waals surface area contributed by atoms with E-state index in [-0.39, 0.29) is 0 Å². The van der Waals surface area contributed by atoms with Gasteiger partial charge in [-0.1, -0.05) is 40.9 Å². The minimum atomic E-state index is 0.401. The molecule has 0 spiro atoms. The smallest absolute Gasteiger partial charge is 0.225 e. The lowest BCUT2D eigenvalue weighted by Crippen LogP contribution is -2.07. The lowest BCUT2D eigenvalue weighted by molar-refractivity contribution is 1.07. The maximum atomic E-state index is 5.48. The van der Waals surface area contributed by atoms with E-state index in [2.05, 4.69) is 36.6 Å². The fourth-order valence-corrected chi connectivity index (χ4v) is 2.44. The van der Waals surface area contributed by atoms with Gasteiger partial charge in [0.15, 0.2) is 0 Å². The highest BCUT2D eigenvalue weighted by molar-refractivity contribution is 7.19. The average Bonchev–Trinajstić information content (AvgIpc) is 3.07. The van der Waals surface area contributed by atoms with Crippen LogP contribution in [0, 0.1) is 0 Å². The van der Waals surface area contributed by atoms with Crippen molar-refractivity contribution in [2.45, 2.75) is 0 Å². The Kier molecular flexibility index (Phi) is 3.56. The molecule has 0 bridgehead atoms. The molecule has 2 heterocycles. The zero-order valence-electron chi connectivity index (χ0n) is 10.1. The van der Waals surface area contributed by atoms with Crippen LogP contribution in [0.2, 0.25) is 0 Å². The summed E-state index contributed by atoms with van der Waals surface area (Å²) in [6.07, 6.45) is 0. The maximum absolute atomic E-state index is 5.48. The SMILES string of the molecule is Nc1nnc(NNc2nnc(Nc3ccccc3)s2)s1. The van der Waals surface area contributed by atoms with Crippen LogP contribution in [0.25, 0.3) is 0 Å². The molecule has 0 amide bonds. The summed E-state index contributed by atoms with van der Waals surface area (Å²) in [5, 5.41) is 20.9. The predicted octanol–water partition coefficient (Wildman–Crippen LogP) is 2.15. The van der Waals surface area contributed by atoms with Crippen molar-refractivity contribution in [2.24, 2.45) is 0 Å². The molecule has 5 N–H and O–H groups in total. The second kappa shape index (κ2) is 5.67. The molecule has 0 unspecified atom stereocenters. The quantitative estimate of drug-likeness (QED) is 0.530. The van der Waals surface area contributed by atoms with Gasteiger partial charge in [-0.05, 0) is 12.1 Å². The molecule has 0 aliphatic heterocycles. The Morgan fingerprint density at radius 1 is 0.800 bits per heavy atom. The molecule has 0 saturated heterocycles. The first-order valence-electron chi connectivity index (χ1n) is 5.56. The highest BCUT2D eigenvalue weighted by atomic mass is 32.1. The molecule has 0 saturated carbocycles. The Hall–Kier alpha value is -2.46. The van der Waals surface area contributed by atoms with Crippen molar-refractivity contribution in [3.05, 3.63) is 30.3 Å². The summed E-state index contributed by atoms with van der Waals surface area (Å²) in [5.41, 5.74) is 12.2. The van der Waals surface area contributed by atoms with Gasteiger partial charge in [-0.25, -0.2) is 0 Å². The summed E-state index contributed by atoms with van der Waals surface area (Å²) in [7, 11) is 0. The van der Waals surface area contributed by atoms with Crippen LogP contribution < -0.4 is 21.9 Å². The zero-order valence-corrected chi connectivity index (χ0v) is 11.7. The van der Waals surface area contributed by atoms with Gasteiger partial charge in [0.1, 0.15) is 0 Å². The largest absolute Gasteiger partial charge is 0.374 e. The van der Waals surface area contributed by atoms with E-state index in [0.717, 1.165) is 5.69 Å². The number of hydrazine groups is 1. The topological polar surface area (TPSA) is 114 Å². The molecule has 3 aromatic rings. The summed E-state index contributed by atoms with van der Waals surface area (Å²) in [6, 6.07) is 9.76. The van der Waals surface area contributed by atoms with E-state index in [1.54, 1.807) is 0 Å². The van der Waals surface area contributed by atoms with Crippen molar-refractivity contribution in [3.8, 4) is 0 Å². The van der Waals surface area contributed by atoms with Crippen LogP contribution in [0.15, 0.2) is 30.3 Å². The van der Waals surface area contributed by atoms with Gasteiger partial charge >= 0.3 is 0 Å². The normalized spacial score (nSPS) is 10.2. The number of nitrogens with one attached hydrogen (secondary N) is 3. The Labute approximate surface area is 122 Å². The number of nitrogens with zero attached hydrogens (tertiary/aromatic N) is 4. The van der Waals surface area contributed by atoms with Crippen LogP contribution in [0.4, 0.5) is 26.2 Å². The first-order valence-corrected chi connectivity index (χ1v) is 7.19. The molecule has 1 aromatic carbocycles. The number of nitrogen functional groups attached to an aromatic ring is 1. The lowest BCUT2D eigenvalue weighted by atomic mass is 10.3. The number of anilines is 5. The van der Waals surface area contributed by atoms with Crippen molar-refractivity contribution in [3.63, 3.8) is 0 Å². The summed E-state index contributed by atoms with van der Waals surface area (Å²) in [4.78, 5) is 0. The molecule has 2 aromatic heterocycles. The number of aromatic nitrogens is 4. The lowest BCUT2D eigenvalue weighted by Gasteiger charge is -2.00. The van der Waals surface area contributed by atoms with Crippen molar-refractivity contribution in [1.29, 1.82) is 0 Å². The van der Waals surface area contributed by atoms with Gasteiger partial charge in [-0.15, -0.1) is 20.4 Å². The Balaban J connectivity index is 1.59. The molecule has 0 radical (unpaired) electrons. The predicted molar refractivity (Wildman–Crippen MR) is 81.2 cm³/mol. The van der Waals surface area contributed by atoms with E-state index in [9.17, 15) is 0 Å².